The molecule has 1 aromatic heterocycles. The summed E-state index contributed by atoms with van der Waals surface area (Å²) >= 11 is 5.89. The highest BCUT2D eigenvalue weighted by Gasteiger charge is 2.35. The van der Waals surface area contributed by atoms with Crippen molar-refractivity contribution in [3.05, 3.63) is 17.5 Å². The Bertz CT molecular complexity index is 493. The molecule has 2 saturated heterocycles. The smallest absolute Gasteiger partial charge is 0.245 e. The number of aromatic nitrogens is 2. The molecule has 7 heteroatoms. The number of amides is 1. The molecule has 3 rings (SSSR count). The van der Waals surface area contributed by atoms with Crippen molar-refractivity contribution in [2.24, 2.45) is 0 Å². The largest absolute Gasteiger partial charge is 0.378 e. The van der Waals surface area contributed by atoms with E-state index in [1.54, 1.807) is 6.20 Å². The molecule has 0 radical (unpaired) electrons. The van der Waals surface area contributed by atoms with E-state index >= 15 is 0 Å². The number of rotatable bonds is 2. The van der Waals surface area contributed by atoms with Gasteiger partial charge in [0.1, 0.15) is 17.0 Å². The zero-order chi connectivity index (χ0) is 13.9. The van der Waals surface area contributed by atoms with E-state index in [9.17, 15) is 4.79 Å². The third-order valence-corrected chi connectivity index (χ3v) is 3.93. The molecule has 0 spiro atoms. The van der Waals surface area contributed by atoms with Gasteiger partial charge in [0.25, 0.3) is 0 Å². The summed E-state index contributed by atoms with van der Waals surface area (Å²) in [6.07, 6.45) is 5.00. The molecule has 2 aliphatic rings. The van der Waals surface area contributed by atoms with Gasteiger partial charge in [-0.3, -0.25) is 9.78 Å². The Balaban J connectivity index is 1.76. The number of carbonyl (C=O) groups excluding carboxylic acids is 1. The quantitative estimate of drug-likeness (QED) is 0.813. The third-order valence-electron chi connectivity index (χ3n) is 3.75. The van der Waals surface area contributed by atoms with Gasteiger partial charge >= 0.3 is 0 Å². The molecule has 0 saturated carbocycles. The van der Waals surface area contributed by atoms with Crippen LogP contribution >= 0.6 is 11.6 Å². The summed E-state index contributed by atoms with van der Waals surface area (Å²) in [6, 6.07) is -0.152. The van der Waals surface area contributed by atoms with E-state index in [0.29, 0.717) is 37.3 Å². The Kier molecular flexibility index (Phi) is 4.03. The Hall–Kier alpha value is -1.40. The molecule has 0 bridgehead atoms. The van der Waals surface area contributed by atoms with Crippen LogP contribution in [-0.4, -0.2) is 59.7 Å². The molecule has 20 heavy (non-hydrogen) atoms. The lowest BCUT2D eigenvalue weighted by atomic mass is 10.2. The van der Waals surface area contributed by atoms with Crippen molar-refractivity contribution in [1.82, 2.24) is 14.9 Å². The van der Waals surface area contributed by atoms with Crippen molar-refractivity contribution in [3.8, 4) is 0 Å². The lowest BCUT2D eigenvalue weighted by Gasteiger charge is -2.32. The normalized spacial score (nSPS) is 23.1. The van der Waals surface area contributed by atoms with Crippen molar-refractivity contribution < 1.29 is 9.53 Å². The van der Waals surface area contributed by atoms with Crippen LogP contribution in [0.3, 0.4) is 0 Å². The summed E-state index contributed by atoms with van der Waals surface area (Å²) in [7, 11) is 0. The first-order chi connectivity index (χ1) is 9.75. The molecule has 1 amide bonds. The number of ether oxygens (including phenoxy) is 1. The van der Waals surface area contributed by atoms with E-state index in [0.717, 1.165) is 19.4 Å². The van der Waals surface area contributed by atoms with Crippen LogP contribution in [0.2, 0.25) is 5.15 Å². The molecular formula is C13H17ClN4O2. The highest BCUT2D eigenvalue weighted by Crippen LogP contribution is 2.25. The second kappa shape index (κ2) is 5.93. The van der Waals surface area contributed by atoms with Gasteiger partial charge in [0.2, 0.25) is 5.91 Å². The maximum absolute atomic E-state index is 12.6. The molecule has 1 aromatic rings. The first kappa shape index (κ1) is 13.6. The third kappa shape index (κ3) is 2.71. The Morgan fingerprint density at radius 2 is 2.10 bits per heavy atom. The van der Waals surface area contributed by atoms with Crippen molar-refractivity contribution in [1.29, 1.82) is 0 Å². The number of nitrogens with zero attached hydrogens (tertiary/aromatic N) is 4. The van der Waals surface area contributed by atoms with Gasteiger partial charge in [-0.25, -0.2) is 4.98 Å². The predicted molar refractivity (Wildman–Crippen MR) is 74.8 cm³/mol. The minimum Gasteiger partial charge on any atom is -0.378 e. The molecular weight excluding hydrogens is 280 g/mol. The van der Waals surface area contributed by atoms with Gasteiger partial charge in [0.15, 0.2) is 0 Å². The fraction of sp³-hybridized carbons (Fsp3) is 0.615. The standard InChI is InChI=1S/C13H17ClN4O2/c14-11-8-15-9-12(16-11)18-3-1-2-10(18)13(19)17-4-6-20-7-5-17/h8-10H,1-7H2. The molecule has 2 aliphatic heterocycles. The SMILES string of the molecule is O=C(C1CCCN1c1cncc(Cl)n1)N1CCOCC1. The fourth-order valence-corrected chi connectivity index (χ4v) is 2.91. The summed E-state index contributed by atoms with van der Waals surface area (Å²) in [5, 5.41) is 0.354. The van der Waals surface area contributed by atoms with Crippen molar-refractivity contribution in [2.75, 3.05) is 37.7 Å². The topological polar surface area (TPSA) is 58.6 Å². The van der Waals surface area contributed by atoms with Gasteiger partial charge in [-0.05, 0) is 12.8 Å². The van der Waals surface area contributed by atoms with Crippen LogP contribution in [0.1, 0.15) is 12.8 Å². The van der Waals surface area contributed by atoms with E-state index in [4.69, 9.17) is 16.3 Å². The maximum atomic E-state index is 12.6. The van der Waals surface area contributed by atoms with Gasteiger partial charge in [-0.1, -0.05) is 11.6 Å². The van der Waals surface area contributed by atoms with E-state index in [-0.39, 0.29) is 11.9 Å². The van der Waals surface area contributed by atoms with E-state index in [1.165, 1.54) is 6.20 Å². The van der Waals surface area contributed by atoms with Gasteiger partial charge in [0, 0.05) is 19.6 Å². The predicted octanol–water partition coefficient (Wildman–Crippen LogP) is 0.958. The summed E-state index contributed by atoms with van der Waals surface area (Å²) in [6.45, 7) is 3.40. The van der Waals surface area contributed by atoms with Gasteiger partial charge < -0.3 is 14.5 Å². The van der Waals surface area contributed by atoms with Gasteiger partial charge in [-0.15, -0.1) is 0 Å². The number of hydrogen-bond donors (Lipinski definition) is 0. The number of halogens is 1. The summed E-state index contributed by atoms with van der Waals surface area (Å²) in [5.74, 6) is 0.842. The molecule has 6 nitrogen and oxygen atoms in total. The van der Waals surface area contributed by atoms with Crippen LogP contribution in [0.4, 0.5) is 5.82 Å². The first-order valence-corrected chi connectivity index (χ1v) is 7.24. The lowest BCUT2D eigenvalue weighted by molar-refractivity contribution is -0.136. The summed E-state index contributed by atoms with van der Waals surface area (Å²) < 4.78 is 5.29. The lowest BCUT2D eigenvalue weighted by Crippen LogP contribution is -2.50. The maximum Gasteiger partial charge on any atom is 0.245 e. The molecule has 1 atom stereocenters. The van der Waals surface area contributed by atoms with E-state index in [1.807, 2.05) is 9.80 Å². The second-order valence-corrected chi connectivity index (χ2v) is 5.38. The fourth-order valence-electron chi connectivity index (χ4n) is 2.76. The van der Waals surface area contributed by atoms with Crippen molar-refractivity contribution >= 4 is 23.3 Å². The highest BCUT2D eigenvalue weighted by atomic mass is 35.5. The van der Waals surface area contributed by atoms with Gasteiger partial charge in [-0.2, -0.15) is 0 Å². The molecule has 108 valence electrons. The molecule has 3 heterocycles. The summed E-state index contributed by atoms with van der Waals surface area (Å²) in [4.78, 5) is 24.8. The van der Waals surface area contributed by atoms with Crippen LogP contribution in [0.25, 0.3) is 0 Å². The Morgan fingerprint density at radius 1 is 1.30 bits per heavy atom. The summed E-state index contributed by atoms with van der Waals surface area (Å²) in [5.41, 5.74) is 0. The van der Waals surface area contributed by atoms with Gasteiger partial charge in [0.05, 0.1) is 25.6 Å². The first-order valence-electron chi connectivity index (χ1n) is 6.86. The molecule has 2 fully saturated rings. The number of carbonyl (C=O) groups is 1. The van der Waals surface area contributed by atoms with Crippen LogP contribution in [0, 0.1) is 0 Å². The molecule has 0 aromatic carbocycles. The molecule has 0 N–H and O–H groups in total. The highest BCUT2D eigenvalue weighted by molar-refractivity contribution is 6.29. The minimum absolute atomic E-state index is 0.152. The average Bonchev–Trinajstić information content (AvgIpc) is 2.97. The van der Waals surface area contributed by atoms with E-state index < -0.39 is 0 Å². The zero-order valence-electron chi connectivity index (χ0n) is 11.2. The number of hydrogen-bond acceptors (Lipinski definition) is 5. The van der Waals surface area contributed by atoms with Crippen LogP contribution < -0.4 is 4.90 Å². The average molecular weight is 297 g/mol. The zero-order valence-corrected chi connectivity index (χ0v) is 11.9. The monoisotopic (exact) mass is 296 g/mol. The van der Waals surface area contributed by atoms with Crippen LogP contribution in [-0.2, 0) is 9.53 Å². The second-order valence-electron chi connectivity index (χ2n) is 4.99. The van der Waals surface area contributed by atoms with Crippen LogP contribution in [0.15, 0.2) is 12.4 Å². The Morgan fingerprint density at radius 3 is 2.85 bits per heavy atom. The molecule has 1 unspecified atom stereocenters. The van der Waals surface area contributed by atoms with Crippen LogP contribution in [0.5, 0.6) is 0 Å². The molecule has 0 aliphatic carbocycles. The van der Waals surface area contributed by atoms with Crippen molar-refractivity contribution in [3.63, 3.8) is 0 Å². The minimum atomic E-state index is -0.152. The van der Waals surface area contributed by atoms with E-state index in [2.05, 4.69) is 9.97 Å². The number of anilines is 1. The Labute approximate surface area is 122 Å². The number of morpholine rings is 1. The van der Waals surface area contributed by atoms with Crippen molar-refractivity contribution in [2.45, 2.75) is 18.9 Å².